The van der Waals surface area contributed by atoms with E-state index in [1.54, 1.807) is 18.2 Å². The zero-order chi connectivity index (χ0) is 19.4. The standard InChI is InChI=1S/C23H22N2O2/c1-15-8-4-6-10-19(15)22(26)24-18-13-12-17(3)21(14-18)25-23(27)20-11-7-5-9-16(20)2/h4-14H,1-3H3,(H,24,26)(H,25,27). The van der Waals surface area contributed by atoms with Crippen LogP contribution in [0.4, 0.5) is 11.4 Å². The SMILES string of the molecule is Cc1ccc(NC(=O)c2ccccc2C)cc1NC(=O)c1ccccc1C. The smallest absolute Gasteiger partial charge is 0.255 e. The van der Waals surface area contributed by atoms with Crippen LogP contribution in [-0.2, 0) is 0 Å². The van der Waals surface area contributed by atoms with Crippen LogP contribution in [0.1, 0.15) is 37.4 Å². The molecule has 4 nitrogen and oxygen atoms in total. The summed E-state index contributed by atoms with van der Waals surface area (Å²) < 4.78 is 0. The average molecular weight is 358 g/mol. The minimum absolute atomic E-state index is 0.168. The molecular weight excluding hydrogens is 336 g/mol. The van der Waals surface area contributed by atoms with Crippen molar-refractivity contribution in [2.75, 3.05) is 10.6 Å². The van der Waals surface area contributed by atoms with Gasteiger partial charge in [-0.25, -0.2) is 0 Å². The lowest BCUT2D eigenvalue weighted by Gasteiger charge is -2.13. The Bertz CT molecular complexity index is 1010. The molecular formula is C23H22N2O2. The van der Waals surface area contributed by atoms with Gasteiger partial charge in [-0.15, -0.1) is 0 Å². The summed E-state index contributed by atoms with van der Waals surface area (Å²) in [5.74, 6) is -0.341. The van der Waals surface area contributed by atoms with Crippen molar-refractivity contribution in [2.24, 2.45) is 0 Å². The van der Waals surface area contributed by atoms with Gasteiger partial charge in [0, 0.05) is 22.5 Å². The number of amides is 2. The first-order valence-corrected chi connectivity index (χ1v) is 8.80. The Balaban J connectivity index is 1.80. The molecule has 0 aliphatic carbocycles. The lowest BCUT2D eigenvalue weighted by Crippen LogP contribution is -2.16. The van der Waals surface area contributed by atoms with Crippen LogP contribution in [0.3, 0.4) is 0 Å². The molecule has 2 amide bonds. The monoisotopic (exact) mass is 358 g/mol. The zero-order valence-corrected chi connectivity index (χ0v) is 15.7. The predicted octanol–water partition coefficient (Wildman–Crippen LogP) is 5.12. The number of nitrogens with one attached hydrogen (secondary N) is 2. The van der Waals surface area contributed by atoms with E-state index >= 15 is 0 Å². The molecule has 0 spiro atoms. The summed E-state index contributed by atoms with van der Waals surface area (Å²) in [5, 5.41) is 5.84. The van der Waals surface area contributed by atoms with Crippen LogP contribution in [-0.4, -0.2) is 11.8 Å². The summed E-state index contributed by atoms with van der Waals surface area (Å²) in [5.41, 5.74) is 5.31. The largest absolute Gasteiger partial charge is 0.322 e. The topological polar surface area (TPSA) is 58.2 Å². The third kappa shape index (κ3) is 4.23. The molecule has 0 saturated carbocycles. The van der Waals surface area contributed by atoms with E-state index in [1.165, 1.54) is 0 Å². The van der Waals surface area contributed by atoms with Gasteiger partial charge >= 0.3 is 0 Å². The van der Waals surface area contributed by atoms with E-state index in [1.807, 2.05) is 69.3 Å². The Labute approximate surface area is 159 Å². The first-order valence-electron chi connectivity index (χ1n) is 8.80. The number of hydrogen-bond donors (Lipinski definition) is 2. The van der Waals surface area contributed by atoms with Crippen LogP contribution in [0.15, 0.2) is 66.7 Å². The highest BCUT2D eigenvalue weighted by Gasteiger charge is 2.12. The fourth-order valence-corrected chi connectivity index (χ4v) is 2.88. The van der Waals surface area contributed by atoms with Crippen molar-refractivity contribution in [3.05, 3.63) is 94.5 Å². The van der Waals surface area contributed by atoms with Gasteiger partial charge in [0.25, 0.3) is 11.8 Å². The van der Waals surface area contributed by atoms with Crippen molar-refractivity contribution >= 4 is 23.2 Å². The molecule has 27 heavy (non-hydrogen) atoms. The average Bonchev–Trinajstić information content (AvgIpc) is 2.65. The van der Waals surface area contributed by atoms with Crippen molar-refractivity contribution < 1.29 is 9.59 Å². The molecule has 136 valence electrons. The lowest BCUT2D eigenvalue weighted by molar-refractivity contribution is 0.101. The van der Waals surface area contributed by atoms with E-state index in [9.17, 15) is 9.59 Å². The van der Waals surface area contributed by atoms with Crippen LogP contribution in [0.5, 0.6) is 0 Å². The van der Waals surface area contributed by atoms with Gasteiger partial charge in [-0.3, -0.25) is 9.59 Å². The first kappa shape index (κ1) is 18.4. The van der Waals surface area contributed by atoms with Gasteiger partial charge in [0.05, 0.1) is 0 Å². The summed E-state index contributed by atoms with van der Waals surface area (Å²) in [6.07, 6.45) is 0. The summed E-state index contributed by atoms with van der Waals surface area (Å²) in [6, 6.07) is 20.4. The van der Waals surface area contributed by atoms with E-state index in [2.05, 4.69) is 10.6 Å². The Kier molecular flexibility index (Phi) is 5.36. The second-order valence-corrected chi connectivity index (χ2v) is 6.57. The third-order valence-electron chi connectivity index (χ3n) is 4.52. The molecule has 0 heterocycles. The van der Waals surface area contributed by atoms with Crippen LogP contribution in [0.2, 0.25) is 0 Å². The Morgan fingerprint density at radius 2 is 1.15 bits per heavy atom. The van der Waals surface area contributed by atoms with E-state index in [0.29, 0.717) is 22.5 Å². The molecule has 0 unspecified atom stereocenters. The van der Waals surface area contributed by atoms with Crippen LogP contribution >= 0.6 is 0 Å². The van der Waals surface area contributed by atoms with Crippen molar-refractivity contribution in [3.8, 4) is 0 Å². The molecule has 3 aromatic carbocycles. The van der Waals surface area contributed by atoms with Gasteiger partial charge in [-0.2, -0.15) is 0 Å². The maximum atomic E-state index is 12.6. The Hall–Kier alpha value is -3.40. The van der Waals surface area contributed by atoms with E-state index in [4.69, 9.17) is 0 Å². The molecule has 0 atom stereocenters. The molecule has 0 fully saturated rings. The second-order valence-electron chi connectivity index (χ2n) is 6.57. The van der Waals surface area contributed by atoms with E-state index in [0.717, 1.165) is 16.7 Å². The van der Waals surface area contributed by atoms with E-state index < -0.39 is 0 Å². The number of hydrogen-bond acceptors (Lipinski definition) is 2. The summed E-state index contributed by atoms with van der Waals surface area (Å²) in [7, 11) is 0. The van der Waals surface area contributed by atoms with Crippen LogP contribution < -0.4 is 10.6 Å². The molecule has 0 bridgehead atoms. The molecule has 3 aromatic rings. The molecule has 2 N–H and O–H groups in total. The van der Waals surface area contributed by atoms with Gasteiger partial charge < -0.3 is 10.6 Å². The summed E-state index contributed by atoms with van der Waals surface area (Å²) in [6.45, 7) is 5.72. The van der Waals surface area contributed by atoms with Gasteiger partial charge in [0.1, 0.15) is 0 Å². The zero-order valence-electron chi connectivity index (χ0n) is 15.7. The van der Waals surface area contributed by atoms with Crippen molar-refractivity contribution in [1.82, 2.24) is 0 Å². The fraction of sp³-hybridized carbons (Fsp3) is 0.130. The predicted molar refractivity (Wildman–Crippen MR) is 109 cm³/mol. The number of benzene rings is 3. The van der Waals surface area contributed by atoms with Crippen molar-refractivity contribution in [3.63, 3.8) is 0 Å². The molecule has 0 aromatic heterocycles. The number of rotatable bonds is 4. The Morgan fingerprint density at radius 1 is 0.630 bits per heavy atom. The molecule has 0 aliphatic rings. The van der Waals surface area contributed by atoms with Gasteiger partial charge in [-0.05, 0) is 61.7 Å². The lowest BCUT2D eigenvalue weighted by atomic mass is 10.1. The number of carbonyl (C=O) groups is 2. The number of anilines is 2. The highest BCUT2D eigenvalue weighted by atomic mass is 16.2. The molecule has 0 saturated heterocycles. The van der Waals surface area contributed by atoms with Crippen LogP contribution in [0, 0.1) is 20.8 Å². The number of aryl methyl sites for hydroxylation is 3. The van der Waals surface area contributed by atoms with Crippen molar-refractivity contribution in [1.29, 1.82) is 0 Å². The highest BCUT2D eigenvalue weighted by molar-refractivity contribution is 6.07. The molecule has 0 radical (unpaired) electrons. The summed E-state index contributed by atoms with van der Waals surface area (Å²) in [4.78, 5) is 25.1. The third-order valence-corrected chi connectivity index (χ3v) is 4.52. The molecule has 3 rings (SSSR count). The van der Waals surface area contributed by atoms with Gasteiger partial charge in [0.15, 0.2) is 0 Å². The summed E-state index contributed by atoms with van der Waals surface area (Å²) >= 11 is 0. The second kappa shape index (κ2) is 7.87. The quantitative estimate of drug-likeness (QED) is 0.680. The normalized spacial score (nSPS) is 10.3. The number of carbonyl (C=O) groups excluding carboxylic acids is 2. The molecule has 0 aliphatic heterocycles. The Morgan fingerprint density at radius 3 is 1.70 bits per heavy atom. The fourth-order valence-electron chi connectivity index (χ4n) is 2.88. The minimum atomic E-state index is -0.173. The molecule has 4 heteroatoms. The maximum Gasteiger partial charge on any atom is 0.255 e. The van der Waals surface area contributed by atoms with Crippen LogP contribution in [0.25, 0.3) is 0 Å². The van der Waals surface area contributed by atoms with Gasteiger partial charge in [-0.1, -0.05) is 42.5 Å². The van der Waals surface area contributed by atoms with Gasteiger partial charge in [0.2, 0.25) is 0 Å². The minimum Gasteiger partial charge on any atom is -0.322 e. The van der Waals surface area contributed by atoms with E-state index in [-0.39, 0.29) is 11.8 Å². The van der Waals surface area contributed by atoms with Crippen molar-refractivity contribution in [2.45, 2.75) is 20.8 Å². The first-order chi connectivity index (χ1) is 13.0. The maximum absolute atomic E-state index is 12.6. The highest BCUT2D eigenvalue weighted by Crippen LogP contribution is 2.22.